The van der Waals surface area contributed by atoms with E-state index in [1.54, 1.807) is 14.0 Å². The van der Waals surface area contributed by atoms with Gasteiger partial charge in [0.15, 0.2) is 0 Å². The molecule has 14 heavy (non-hydrogen) atoms. The second-order valence-corrected chi connectivity index (χ2v) is 3.49. The molecule has 0 saturated carbocycles. The summed E-state index contributed by atoms with van der Waals surface area (Å²) < 4.78 is 0.605. The Morgan fingerprint density at radius 1 is 1.57 bits per heavy atom. The fraction of sp³-hybridized carbons (Fsp3) is 0.375. The summed E-state index contributed by atoms with van der Waals surface area (Å²) >= 11 is 3.25. The Hall–Kier alpha value is -1.17. The van der Waals surface area contributed by atoms with Crippen LogP contribution in [-0.2, 0) is 11.2 Å². The second-order valence-electron chi connectivity index (χ2n) is 2.70. The maximum absolute atomic E-state index is 10.5. The molecule has 1 aromatic heterocycles. The molecule has 0 aromatic carbocycles. The van der Waals surface area contributed by atoms with Crippen molar-refractivity contribution in [2.45, 2.75) is 13.3 Å². The van der Waals surface area contributed by atoms with Gasteiger partial charge in [-0.2, -0.15) is 0 Å². The number of aliphatic carboxylic acids is 1. The van der Waals surface area contributed by atoms with E-state index in [4.69, 9.17) is 5.11 Å². The number of halogens is 1. The summed E-state index contributed by atoms with van der Waals surface area (Å²) in [6.07, 6.45) is -0.112. The highest BCUT2D eigenvalue weighted by Crippen LogP contribution is 2.23. The number of rotatable bonds is 3. The lowest BCUT2D eigenvalue weighted by Crippen LogP contribution is -2.08. The van der Waals surface area contributed by atoms with Crippen molar-refractivity contribution in [2.75, 3.05) is 12.4 Å². The number of aryl methyl sites for hydroxylation is 1. The highest BCUT2D eigenvalue weighted by atomic mass is 79.9. The summed E-state index contributed by atoms with van der Waals surface area (Å²) in [5.74, 6) is 0.244. The summed E-state index contributed by atoms with van der Waals surface area (Å²) in [6, 6.07) is 0. The summed E-state index contributed by atoms with van der Waals surface area (Å²) in [5.41, 5.74) is 0.481. The fourth-order valence-corrected chi connectivity index (χ4v) is 1.56. The molecule has 0 amide bonds. The van der Waals surface area contributed by atoms with Crippen LogP contribution < -0.4 is 5.32 Å². The van der Waals surface area contributed by atoms with Crippen LogP contribution in [0, 0.1) is 6.92 Å². The number of anilines is 1. The van der Waals surface area contributed by atoms with Gasteiger partial charge in [0.25, 0.3) is 0 Å². The number of nitrogens with zero attached hydrogens (tertiary/aromatic N) is 2. The van der Waals surface area contributed by atoms with Crippen LogP contribution in [0.3, 0.4) is 0 Å². The third-order valence-electron chi connectivity index (χ3n) is 1.59. The molecule has 5 nitrogen and oxygen atoms in total. The van der Waals surface area contributed by atoms with Gasteiger partial charge in [-0.05, 0) is 22.9 Å². The van der Waals surface area contributed by atoms with Gasteiger partial charge in [-0.3, -0.25) is 4.79 Å². The quantitative estimate of drug-likeness (QED) is 0.854. The number of hydrogen-bond acceptors (Lipinski definition) is 4. The fourth-order valence-electron chi connectivity index (χ4n) is 1.04. The van der Waals surface area contributed by atoms with E-state index in [0.29, 0.717) is 21.8 Å². The van der Waals surface area contributed by atoms with Crippen LogP contribution in [0.1, 0.15) is 11.5 Å². The zero-order chi connectivity index (χ0) is 10.7. The first-order valence-corrected chi connectivity index (χ1v) is 4.76. The second kappa shape index (κ2) is 4.36. The maximum atomic E-state index is 10.5. The SMILES string of the molecule is CNc1nc(C)nc(CC(=O)O)c1Br. The number of carboxylic acid groups (broad SMARTS) is 1. The molecule has 0 aliphatic heterocycles. The lowest BCUT2D eigenvalue weighted by atomic mass is 10.3. The molecule has 0 aliphatic carbocycles. The minimum atomic E-state index is -0.911. The topological polar surface area (TPSA) is 75.1 Å². The smallest absolute Gasteiger partial charge is 0.309 e. The van der Waals surface area contributed by atoms with Gasteiger partial charge in [-0.15, -0.1) is 0 Å². The molecule has 76 valence electrons. The van der Waals surface area contributed by atoms with Crippen LogP contribution in [0.25, 0.3) is 0 Å². The summed E-state index contributed by atoms with van der Waals surface area (Å²) in [5, 5.41) is 11.5. The van der Waals surface area contributed by atoms with Gasteiger partial charge < -0.3 is 10.4 Å². The first-order valence-electron chi connectivity index (χ1n) is 3.97. The third kappa shape index (κ3) is 2.41. The number of hydrogen-bond donors (Lipinski definition) is 2. The van der Waals surface area contributed by atoms with E-state index < -0.39 is 5.97 Å². The van der Waals surface area contributed by atoms with Crippen molar-refractivity contribution in [1.82, 2.24) is 9.97 Å². The summed E-state index contributed by atoms with van der Waals surface area (Å²) in [7, 11) is 1.72. The first-order chi connectivity index (χ1) is 6.54. The molecule has 1 aromatic rings. The Bertz CT molecular complexity index is 368. The van der Waals surface area contributed by atoms with Gasteiger partial charge in [0.05, 0.1) is 16.6 Å². The van der Waals surface area contributed by atoms with E-state index in [1.165, 1.54) is 0 Å². The zero-order valence-electron chi connectivity index (χ0n) is 7.83. The van der Waals surface area contributed by atoms with E-state index >= 15 is 0 Å². The molecule has 0 atom stereocenters. The third-order valence-corrected chi connectivity index (χ3v) is 2.42. The summed E-state index contributed by atoms with van der Waals surface area (Å²) in [6.45, 7) is 1.72. The molecule has 2 N–H and O–H groups in total. The Morgan fingerprint density at radius 3 is 2.71 bits per heavy atom. The molecule has 0 unspecified atom stereocenters. The largest absolute Gasteiger partial charge is 0.481 e. The minimum Gasteiger partial charge on any atom is -0.481 e. The molecule has 6 heteroatoms. The standard InChI is InChI=1S/C8H10BrN3O2/c1-4-11-5(3-6(13)14)7(9)8(10-2)12-4/h3H2,1-2H3,(H,13,14)(H,10,11,12). The van der Waals surface area contributed by atoms with Crippen molar-refractivity contribution in [3.63, 3.8) is 0 Å². The predicted octanol–water partition coefficient (Wildman–Crippen LogP) is 1.22. The Kier molecular flexibility index (Phi) is 3.40. The van der Waals surface area contributed by atoms with E-state index in [-0.39, 0.29) is 6.42 Å². The molecule has 0 spiro atoms. The van der Waals surface area contributed by atoms with Gasteiger partial charge in [0.2, 0.25) is 0 Å². The van der Waals surface area contributed by atoms with Crippen molar-refractivity contribution in [2.24, 2.45) is 0 Å². The monoisotopic (exact) mass is 259 g/mol. The van der Waals surface area contributed by atoms with E-state index in [2.05, 4.69) is 31.2 Å². The molecular formula is C8H10BrN3O2. The molecule has 1 rings (SSSR count). The van der Waals surface area contributed by atoms with Crippen molar-refractivity contribution in [3.8, 4) is 0 Å². The molecule has 0 bridgehead atoms. The Morgan fingerprint density at radius 2 is 2.21 bits per heavy atom. The Balaban J connectivity index is 3.15. The number of carbonyl (C=O) groups is 1. The van der Waals surface area contributed by atoms with Crippen LogP contribution in [0.4, 0.5) is 5.82 Å². The van der Waals surface area contributed by atoms with Crippen molar-refractivity contribution in [1.29, 1.82) is 0 Å². The van der Waals surface area contributed by atoms with Gasteiger partial charge in [0, 0.05) is 7.05 Å². The number of carboxylic acids is 1. The molecular weight excluding hydrogens is 250 g/mol. The van der Waals surface area contributed by atoms with Crippen LogP contribution in [0.5, 0.6) is 0 Å². The minimum absolute atomic E-state index is 0.112. The van der Waals surface area contributed by atoms with Crippen LogP contribution in [-0.4, -0.2) is 28.1 Å². The molecule has 1 heterocycles. The lowest BCUT2D eigenvalue weighted by molar-refractivity contribution is -0.136. The highest BCUT2D eigenvalue weighted by Gasteiger charge is 2.12. The number of nitrogens with one attached hydrogen (secondary N) is 1. The first kappa shape index (κ1) is 10.9. The Labute approximate surface area is 89.7 Å². The van der Waals surface area contributed by atoms with Crippen LogP contribution >= 0.6 is 15.9 Å². The maximum Gasteiger partial charge on any atom is 0.309 e. The summed E-state index contributed by atoms with van der Waals surface area (Å²) in [4.78, 5) is 18.7. The predicted molar refractivity (Wildman–Crippen MR) is 55.4 cm³/mol. The number of aromatic nitrogens is 2. The van der Waals surface area contributed by atoms with Crippen molar-refractivity contribution in [3.05, 3.63) is 16.0 Å². The van der Waals surface area contributed by atoms with E-state index in [1.807, 2.05) is 0 Å². The average molecular weight is 260 g/mol. The molecule has 0 fully saturated rings. The van der Waals surface area contributed by atoms with Gasteiger partial charge in [-0.1, -0.05) is 0 Å². The van der Waals surface area contributed by atoms with Crippen molar-refractivity contribution < 1.29 is 9.90 Å². The normalized spacial score (nSPS) is 9.93. The van der Waals surface area contributed by atoms with E-state index in [9.17, 15) is 4.79 Å². The highest BCUT2D eigenvalue weighted by molar-refractivity contribution is 9.10. The van der Waals surface area contributed by atoms with Crippen LogP contribution in [0.2, 0.25) is 0 Å². The molecule has 0 radical (unpaired) electrons. The van der Waals surface area contributed by atoms with Crippen molar-refractivity contribution >= 4 is 27.7 Å². The molecule has 0 saturated heterocycles. The van der Waals surface area contributed by atoms with E-state index in [0.717, 1.165) is 0 Å². The van der Waals surface area contributed by atoms with Gasteiger partial charge >= 0.3 is 5.97 Å². The lowest BCUT2D eigenvalue weighted by Gasteiger charge is -2.07. The van der Waals surface area contributed by atoms with Gasteiger partial charge in [-0.25, -0.2) is 9.97 Å². The van der Waals surface area contributed by atoms with Crippen LogP contribution in [0.15, 0.2) is 4.47 Å². The van der Waals surface area contributed by atoms with Gasteiger partial charge in [0.1, 0.15) is 11.6 Å². The average Bonchev–Trinajstić information content (AvgIpc) is 2.09. The molecule has 0 aliphatic rings. The zero-order valence-corrected chi connectivity index (χ0v) is 9.42.